The first-order valence-corrected chi connectivity index (χ1v) is 5.17. The molecule has 0 bridgehead atoms. The summed E-state index contributed by atoms with van der Waals surface area (Å²) in [6, 6.07) is 0.0404. The average Bonchev–Trinajstić information content (AvgIpc) is 2.64. The molecule has 1 aliphatic carbocycles. The molecule has 0 saturated heterocycles. The van der Waals surface area contributed by atoms with Crippen LogP contribution in [0.1, 0.15) is 31.7 Å². The van der Waals surface area contributed by atoms with Crippen LogP contribution in [0.5, 0.6) is 0 Å². The number of imidazole rings is 1. The summed E-state index contributed by atoms with van der Waals surface area (Å²) in [6.45, 7) is 0. The molecular formula is C10H14N2O3. The Morgan fingerprint density at radius 1 is 1.53 bits per heavy atom. The minimum atomic E-state index is -0.747. The van der Waals surface area contributed by atoms with E-state index in [4.69, 9.17) is 5.11 Å². The molecule has 5 heteroatoms. The van der Waals surface area contributed by atoms with Crippen molar-refractivity contribution in [1.29, 1.82) is 0 Å². The molecule has 5 nitrogen and oxygen atoms in total. The maximum atomic E-state index is 11.4. The number of nitrogens with one attached hydrogen (secondary N) is 1. The van der Waals surface area contributed by atoms with Crippen molar-refractivity contribution in [3.63, 3.8) is 0 Å². The molecule has 2 atom stereocenters. The van der Waals surface area contributed by atoms with Crippen LogP contribution in [0.25, 0.3) is 0 Å². The number of hydrogen-bond donors (Lipinski definition) is 2. The molecule has 82 valence electrons. The lowest BCUT2D eigenvalue weighted by Gasteiger charge is -2.26. The van der Waals surface area contributed by atoms with Gasteiger partial charge in [0.25, 0.3) is 0 Å². The maximum absolute atomic E-state index is 11.4. The second kappa shape index (κ2) is 3.92. The van der Waals surface area contributed by atoms with E-state index in [2.05, 4.69) is 4.98 Å². The lowest BCUT2D eigenvalue weighted by Crippen LogP contribution is -2.29. The van der Waals surface area contributed by atoms with Crippen molar-refractivity contribution in [2.45, 2.75) is 31.7 Å². The van der Waals surface area contributed by atoms with Crippen LogP contribution in [0.2, 0.25) is 0 Å². The van der Waals surface area contributed by atoms with Crippen LogP contribution in [-0.4, -0.2) is 20.6 Å². The van der Waals surface area contributed by atoms with Crippen LogP contribution in [-0.2, 0) is 4.79 Å². The average molecular weight is 210 g/mol. The van der Waals surface area contributed by atoms with E-state index < -0.39 is 5.97 Å². The molecule has 15 heavy (non-hydrogen) atoms. The van der Waals surface area contributed by atoms with E-state index in [0.717, 1.165) is 19.3 Å². The summed E-state index contributed by atoms with van der Waals surface area (Å²) in [5.74, 6) is -1.05. The first kappa shape index (κ1) is 10.0. The number of H-pyrrole nitrogens is 1. The lowest BCUT2D eigenvalue weighted by molar-refractivity contribution is -0.143. The molecule has 2 N–H and O–H groups in total. The third-order valence-electron chi connectivity index (χ3n) is 3.07. The molecule has 1 fully saturated rings. The molecule has 1 aromatic heterocycles. The number of hydrogen-bond acceptors (Lipinski definition) is 2. The quantitative estimate of drug-likeness (QED) is 0.764. The fourth-order valence-electron chi connectivity index (χ4n) is 2.26. The summed E-state index contributed by atoms with van der Waals surface area (Å²) in [7, 11) is 0. The van der Waals surface area contributed by atoms with Crippen LogP contribution in [0.3, 0.4) is 0 Å². The summed E-state index contributed by atoms with van der Waals surface area (Å²) < 4.78 is 1.61. The van der Waals surface area contributed by atoms with Gasteiger partial charge in [0.05, 0.1) is 5.92 Å². The first-order valence-electron chi connectivity index (χ1n) is 5.17. The zero-order valence-corrected chi connectivity index (χ0v) is 8.35. The van der Waals surface area contributed by atoms with Gasteiger partial charge in [-0.25, -0.2) is 4.79 Å². The van der Waals surface area contributed by atoms with Gasteiger partial charge in [-0.15, -0.1) is 0 Å². The Morgan fingerprint density at radius 2 is 2.33 bits per heavy atom. The second-order valence-corrected chi connectivity index (χ2v) is 4.03. The summed E-state index contributed by atoms with van der Waals surface area (Å²) in [4.78, 5) is 24.8. The molecule has 1 aliphatic rings. The zero-order valence-electron chi connectivity index (χ0n) is 8.35. The molecule has 0 radical (unpaired) electrons. The molecule has 1 aromatic rings. The Bertz CT molecular complexity index is 407. The highest BCUT2D eigenvalue weighted by atomic mass is 16.4. The Balaban J connectivity index is 2.14. The third kappa shape index (κ3) is 1.95. The van der Waals surface area contributed by atoms with Gasteiger partial charge in [-0.1, -0.05) is 6.42 Å². The van der Waals surface area contributed by atoms with Crippen LogP contribution in [0.15, 0.2) is 17.2 Å². The first-order chi connectivity index (χ1) is 7.18. The number of nitrogens with zero attached hydrogens (tertiary/aromatic N) is 1. The SMILES string of the molecule is O=C(O)C1CCCC(n2cc[nH]c2=O)C1. The summed E-state index contributed by atoms with van der Waals surface area (Å²) in [5.41, 5.74) is -0.147. The number of carboxylic acid groups (broad SMARTS) is 1. The number of aromatic amines is 1. The van der Waals surface area contributed by atoms with Gasteiger partial charge in [-0.2, -0.15) is 0 Å². The van der Waals surface area contributed by atoms with Crippen LogP contribution >= 0.6 is 0 Å². The molecule has 2 rings (SSSR count). The number of carbonyl (C=O) groups is 1. The van der Waals surface area contributed by atoms with Crippen molar-refractivity contribution < 1.29 is 9.90 Å². The van der Waals surface area contributed by atoms with Crippen LogP contribution < -0.4 is 5.69 Å². The second-order valence-electron chi connectivity index (χ2n) is 4.03. The van der Waals surface area contributed by atoms with Gasteiger partial charge in [0.2, 0.25) is 0 Å². The molecule has 1 heterocycles. The van der Waals surface area contributed by atoms with Crippen molar-refractivity contribution in [3.05, 3.63) is 22.9 Å². The fraction of sp³-hybridized carbons (Fsp3) is 0.600. The van der Waals surface area contributed by atoms with Gasteiger partial charge in [0.15, 0.2) is 0 Å². The van der Waals surface area contributed by atoms with E-state index in [9.17, 15) is 9.59 Å². The number of carboxylic acids is 1. The van der Waals surface area contributed by atoms with Crippen molar-refractivity contribution in [2.24, 2.45) is 5.92 Å². The number of aromatic nitrogens is 2. The van der Waals surface area contributed by atoms with Crippen LogP contribution in [0, 0.1) is 5.92 Å². The van der Waals surface area contributed by atoms with Crippen molar-refractivity contribution in [3.8, 4) is 0 Å². The minimum Gasteiger partial charge on any atom is -0.481 e. The topological polar surface area (TPSA) is 75.1 Å². The monoisotopic (exact) mass is 210 g/mol. The smallest absolute Gasteiger partial charge is 0.325 e. The summed E-state index contributed by atoms with van der Waals surface area (Å²) in [5, 5.41) is 8.93. The maximum Gasteiger partial charge on any atom is 0.325 e. The standard InChI is InChI=1S/C10H14N2O3/c13-9(14)7-2-1-3-8(6-7)12-5-4-11-10(12)15/h4-5,7-8H,1-3,6H2,(H,11,15)(H,13,14). The fourth-order valence-corrected chi connectivity index (χ4v) is 2.26. The van der Waals surface area contributed by atoms with E-state index in [-0.39, 0.29) is 17.6 Å². The van der Waals surface area contributed by atoms with Gasteiger partial charge >= 0.3 is 11.7 Å². The molecule has 1 saturated carbocycles. The Hall–Kier alpha value is -1.52. The number of aliphatic carboxylic acids is 1. The largest absolute Gasteiger partial charge is 0.481 e. The summed E-state index contributed by atoms with van der Waals surface area (Å²) >= 11 is 0. The normalized spacial score (nSPS) is 26.4. The third-order valence-corrected chi connectivity index (χ3v) is 3.07. The highest BCUT2D eigenvalue weighted by Gasteiger charge is 2.28. The van der Waals surface area contributed by atoms with E-state index >= 15 is 0 Å². The molecule has 0 aliphatic heterocycles. The summed E-state index contributed by atoms with van der Waals surface area (Å²) in [6.07, 6.45) is 6.34. The van der Waals surface area contributed by atoms with Gasteiger partial charge in [-0.3, -0.25) is 9.36 Å². The predicted molar refractivity (Wildman–Crippen MR) is 53.7 cm³/mol. The van der Waals surface area contributed by atoms with Gasteiger partial charge in [0.1, 0.15) is 0 Å². The van der Waals surface area contributed by atoms with Crippen molar-refractivity contribution in [2.75, 3.05) is 0 Å². The predicted octanol–water partition coefficient (Wildman–Crippen LogP) is 0.992. The van der Waals surface area contributed by atoms with Gasteiger partial charge in [0, 0.05) is 18.4 Å². The van der Waals surface area contributed by atoms with Gasteiger partial charge in [-0.05, 0) is 19.3 Å². The van der Waals surface area contributed by atoms with Crippen LogP contribution in [0.4, 0.5) is 0 Å². The van der Waals surface area contributed by atoms with E-state index in [1.807, 2.05) is 0 Å². The minimum absolute atomic E-state index is 0.0404. The Kier molecular flexibility index (Phi) is 2.62. The van der Waals surface area contributed by atoms with Crippen molar-refractivity contribution in [1.82, 2.24) is 9.55 Å². The lowest BCUT2D eigenvalue weighted by atomic mass is 9.86. The van der Waals surface area contributed by atoms with Gasteiger partial charge < -0.3 is 10.1 Å². The molecule has 0 amide bonds. The van der Waals surface area contributed by atoms with E-state index in [1.54, 1.807) is 17.0 Å². The zero-order chi connectivity index (χ0) is 10.8. The molecule has 0 aromatic carbocycles. The highest BCUT2D eigenvalue weighted by molar-refractivity contribution is 5.70. The van der Waals surface area contributed by atoms with E-state index in [0.29, 0.717) is 6.42 Å². The Morgan fingerprint density at radius 3 is 2.93 bits per heavy atom. The highest BCUT2D eigenvalue weighted by Crippen LogP contribution is 2.31. The molecule has 2 unspecified atom stereocenters. The van der Waals surface area contributed by atoms with Crippen molar-refractivity contribution >= 4 is 5.97 Å². The number of rotatable bonds is 2. The Labute approximate surface area is 86.7 Å². The molecule has 0 spiro atoms. The molecular weight excluding hydrogens is 196 g/mol. The van der Waals surface area contributed by atoms with E-state index in [1.165, 1.54) is 0 Å².